The topological polar surface area (TPSA) is 75.1 Å². The summed E-state index contributed by atoms with van der Waals surface area (Å²) in [5.74, 6) is 2.01. The molecule has 0 saturated heterocycles. The van der Waals surface area contributed by atoms with Crippen molar-refractivity contribution >= 4 is 32.7 Å². The lowest BCUT2D eigenvalue weighted by Gasteiger charge is -2.17. The van der Waals surface area contributed by atoms with Crippen molar-refractivity contribution in [1.29, 1.82) is 0 Å². The predicted octanol–water partition coefficient (Wildman–Crippen LogP) is 8.00. The SMILES string of the molecule is c1cc(OCCc2cc3ccccc3[nH]2)c(OCCc2cc3ccccc3[nH]2)c(OCCc2cc3ccccc3[nH]2)c1. The van der Waals surface area contributed by atoms with E-state index in [9.17, 15) is 0 Å². The van der Waals surface area contributed by atoms with E-state index in [2.05, 4.69) is 87.7 Å². The molecule has 6 nitrogen and oxygen atoms in total. The molecule has 3 aromatic heterocycles. The first kappa shape index (κ1) is 25.8. The van der Waals surface area contributed by atoms with Gasteiger partial charge in [0.15, 0.2) is 11.5 Å². The Hall–Kier alpha value is -5.10. The third-order valence-electron chi connectivity index (χ3n) is 7.58. The molecular weight excluding hydrogens is 522 g/mol. The van der Waals surface area contributed by atoms with Crippen LogP contribution in [-0.2, 0) is 19.3 Å². The lowest BCUT2D eigenvalue weighted by Crippen LogP contribution is -2.09. The van der Waals surface area contributed by atoms with Crippen LogP contribution < -0.4 is 14.2 Å². The largest absolute Gasteiger partial charge is 0.489 e. The number of hydrogen-bond acceptors (Lipinski definition) is 3. The van der Waals surface area contributed by atoms with Gasteiger partial charge in [-0.25, -0.2) is 0 Å². The molecule has 0 radical (unpaired) electrons. The van der Waals surface area contributed by atoms with Gasteiger partial charge in [0.2, 0.25) is 5.75 Å². The normalized spacial score (nSPS) is 11.4. The Bertz CT molecular complexity index is 1750. The highest BCUT2D eigenvalue weighted by Crippen LogP contribution is 2.38. The van der Waals surface area contributed by atoms with Crippen LogP contribution in [0.2, 0.25) is 0 Å². The first-order chi connectivity index (χ1) is 20.8. The minimum absolute atomic E-state index is 0.494. The molecule has 0 aliphatic carbocycles. The second-order valence-electron chi connectivity index (χ2n) is 10.5. The molecule has 3 heterocycles. The Morgan fingerprint density at radius 3 is 1.19 bits per heavy atom. The number of para-hydroxylation sites is 4. The van der Waals surface area contributed by atoms with Gasteiger partial charge in [0.1, 0.15) is 0 Å². The van der Waals surface area contributed by atoms with Gasteiger partial charge >= 0.3 is 0 Å². The van der Waals surface area contributed by atoms with Crippen molar-refractivity contribution in [2.75, 3.05) is 19.8 Å². The third kappa shape index (κ3) is 5.70. The minimum Gasteiger partial charge on any atom is -0.489 e. The number of nitrogens with one attached hydrogen (secondary N) is 3. The number of aromatic nitrogens is 3. The first-order valence-electron chi connectivity index (χ1n) is 14.5. The van der Waals surface area contributed by atoms with Gasteiger partial charge in [0.05, 0.1) is 19.8 Å². The van der Waals surface area contributed by atoms with Crippen LogP contribution in [-0.4, -0.2) is 34.8 Å². The van der Waals surface area contributed by atoms with Crippen molar-refractivity contribution in [3.63, 3.8) is 0 Å². The van der Waals surface area contributed by atoms with Gasteiger partial charge in [-0.2, -0.15) is 0 Å². The molecule has 0 saturated carbocycles. The average molecular weight is 556 g/mol. The molecule has 0 amide bonds. The Balaban J connectivity index is 1.05. The summed E-state index contributed by atoms with van der Waals surface area (Å²) >= 11 is 0. The van der Waals surface area contributed by atoms with E-state index in [1.54, 1.807) is 0 Å². The monoisotopic (exact) mass is 555 g/mol. The van der Waals surface area contributed by atoms with Crippen LogP contribution in [0.4, 0.5) is 0 Å². The van der Waals surface area contributed by atoms with E-state index in [4.69, 9.17) is 14.2 Å². The molecule has 7 rings (SSSR count). The van der Waals surface area contributed by atoms with E-state index in [0.29, 0.717) is 37.1 Å². The zero-order valence-electron chi connectivity index (χ0n) is 23.4. The number of hydrogen-bond donors (Lipinski definition) is 3. The maximum Gasteiger partial charge on any atom is 0.203 e. The summed E-state index contributed by atoms with van der Waals surface area (Å²) in [6.07, 6.45) is 2.26. The highest BCUT2D eigenvalue weighted by atomic mass is 16.5. The van der Waals surface area contributed by atoms with Crippen LogP contribution in [0.5, 0.6) is 17.2 Å². The van der Waals surface area contributed by atoms with Crippen molar-refractivity contribution in [3.8, 4) is 17.2 Å². The molecule has 7 aromatic rings. The van der Waals surface area contributed by atoms with Crippen LogP contribution in [0.25, 0.3) is 32.7 Å². The molecule has 0 fully saturated rings. The van der Waals surface area contributed by atoms with Crippen molar-refractivity contribution < 1.29 is 14.2 Å². The Labute approximate surface area is 244 Å². The number of ether oxygens (including phenoxy) is 3. The summed E-state index contributed by atoms with van der Waals surface area (Å²) < 4.78 is 19.0. The number of fused-ring (bicyclic) bond motifs is 3. The van der Waals surface area contributed by atoms with E-state index in [-0.39, 0.29) is 0 Å². The Morgan fingerprint density at radius 2 is 0.786 bits per heavy atom. The summed E-state index contributed by atoms with van der Waals surface area (Å²) in [6, 6.07) is 37.3. The summed E-state index contributed by atoms with van der Waals surface area (Å²) in [5, 5.41) is 3.62. The number of H-pyrrole nitrogens is 3. The van der Waals surface area contributed by atoms with Crippen LogP contribution in [0, 0.1) is 0 Å². The lowest BCUT2D eigenvalue weighted by molar-refractivity contribution is 0.245. The summed E-state index contributed by atoms with van der Waals surface area (Å²) in [4.78, 5) is 10.5. The van der Waals surface area contributed by atoms with Gasteiger partial charge in [-0.1, -0.05) is 60.7 Å². The number of aromatic amines is 3. The molecule has 0 aliphatic heterocycles. The number of rotatable bonds is 12. The van der Waals surface area contributed by atoms with Crippen molar-refractivity contribution in [3.05, 3.63) is 126 Å². The van der Waals surface area contributed by atoms with Gasteiger partial charge in [0, 0.05) is 52.9 Å². The van der Waals surface area contributed by atoms with Crippen LogP contribution in [0.3, 0.4) is 0 Å². The molecule has 0 aliphatic rings. The minimum atomic E-state index is 0.494. The fourth-order valence-electron chi connectivity index (χ4n) is 5.47. The van der Waals surface area contributed by atoms with Gasteiger partial charge < -0.3 is 29.2 Å². The highest BCUT2D eigenvalue weighted by molar-refractivity contribution is 5.81. The molecule has 3 N–H and O–H groups in total. The molecule has 0 bridgehead atoms. The molecule has 6 heteroatoms. The first-order valence-corrected chi connectivity index (χ1v) is 14.5. The van der Waals surface area contributed by atoms with E-state index in [0.717, 1.165) is 52.9 Å². The molecule has 210 valence electrons. The molecule has 0 spiro atoms. The Kier molecular flexibility index (Phi) is 7.25. The van der Waals surface area contributed by atoms with Crippen molar-refractivity contribution in [2.24, 2.45) is 0 Å². The fraction of sp³-hybridized carbons (Fsp3) is 0.167. The average Bonchev–Trinajstić information content (AvgIpc) is 3.74. The summed E-state index contributed by atoms with van der Waals surface area (Å²) in [6.45, 7) is 1.53. The van der Waals surface area contributed by atoms with E-state index in [1.807, 2.05) is 36.4 Å². The zero-order valence-corrected chi connectivity index (χ0v) is 23.4. The van der Waals surface area contributed by atoms with Crippen molar-refractivity contribution in [2.45, 2.75) is 19.3 Å². The highest BCUT2D eigenvalue weighted by Gasteiger charge is 2.14. The maximum absolute atomic E-state index is 6.38. The van der Waals surface area contributed by atoms with Gasteiger partial charge in [-0.05, 0) is 64.7 Å². The molecule has 0 atom stereocenters. The molecular formula is C36H33N3O3. The molecule has 0 unspecified atom stereocenters. The second kappa shape index (κ2) is 11.8. The quantitative estimate of drug-likeness (QED) is 0.143. The number of benzene rings is 4. The summed E-state index contributed by atoms with van der Waals surface area (Å²) in [7, 11) is 0. The van der Waals surface area contributed by atoms with Gasteiger partial charge in [-0.15, -0.1) is 0 Å². The van der Waals surface area contributed by atoms with Crippen molar-refractivity contribution in [1.82, 2.24) is 15.0 Å². The lowest BCUT2D eigenvalue weighted by atomic mass is 10.2. The Morgan fingerprint density at radius 1 is 0.405 bits per heavy atom. The molecule has 4 aromatic carbocycles. The standard InChI is InChI=1S/C36H33N3O3/c1-4-11-31-25(8-1)22-28(37-31)16-19-40-34-14-7-15-35(41-20-17-29-23-26-9-2-5-12-32(26)38-29)36(34)42-21-18-30-24-27-10-3-6-13-33(27)39-30/h1-15,22-24,37-39H,16-21H2. The van der Waals surface area contributed by atoms with Gasteiger partial charge in [-0.3, -0.25) is 0 Å². The van der Waals surface area contributed by atoms with E-state index >= 15 is 0 Å². The molecule has 42 heavy (non-hydrogen) atoms. The second-order valence-corrected chi connectivity index (χ2v) is 10.5. The smallest absolute Gasteiger partial charge is 0.203 e. The summed E-state index contributed by atoms with van der Waals surface area (Å²) in [5.41, 5.74) is 6.83. The van der Waals surface area contributed by atoms with E-state index < -0.39 is 0 Å². The van der Waals surface area contributed by atoms with Crippen LogP contribution in [0.1, 0.15) is 17.1 Å². The van der Waals surface area contributed by atoms with Crippen LogP contribution >= 0.6 is 0 Å². The van der Waals surface area contributed by atoms with E-state index in [1.165, 1.54) is 16.2 Å². The maximum atomic E-state index is 6.38. The zero-order chi connectivity index (χ0) is 28.1. The third-order valence-corrected chi connectivity index (χ3v) is 7.58. The van der Waals surface area contributed by atoms with Gasteiger partial charge in [0.25, 0.3) is 0 Å². The van der Waals surface area contributed by atoms with Crippen LogP contribution in [0.15, 0.2) is 109 Å². The predicted molar refractivity (Wildman–Crippen MR) is 169 cm³/mol. The fourth-order valence-corrected chi connectivity index (χ4v) is 5.47.